The number of aromatic nitrogens is 2. The van der Waals surface area contributed by atoms with Gasteiger partial charge >= 0.3 is 24.0 Å². The van der Waals surface area contributed by atoms with E-state index in [-0.39, 0.29) is 50.4 Å². The number of ether oxygens (including phenoxy) is 1. The lowest BCUT2D eigenvalue weighted by Crippen LogP contribution is -2.59. The first-order valence-electron chi connectivity index (χ1n) is 14.8. The third-order valence-corrected chi connectivity index (χ3v) is 8.94. The normalized spacial score (nSPS) is 23.3. The molecule has 1 aromatic carbocycles. The van der Waals surface area contributed by atoms with Gasteiger partial charge in [0.15, 0.2) is 17.8 Å². The zero-order chi connectivity index (χ0) is 33.8. The van der Waals surface area contributed by atoms with Crippen molar-refractivity contribution in [3.8, 4) is 0 Å². The molecule has 3 fully saturated rings. The molecule has 3 saturated heterocycles. The molecule has 5 heterocycles. The number of morpholine rings is 1. The van der Waals surface area contributed by atoms with Crippen LogP contribution in [-0.4, -0.2) is 95.3 Å². The minimum atomic E-state index is -5.47. The van der Waals surface area contributed by atoms with Crippen molar-refractivity contribution >= 4 is 23.4 Å². The number of alkyl halides is 6. The van der Waals surface area contributed by atoms with Crippen LogP contribution in [0.15, 0.2) is 33.9 Å². The molecule has 3 atom stereocenters. The van der Waals surface area contributed by atoms with Gasteiger partial charge in [-0.2, -0.15) is 26.3 Å². The molecule has 6 rings (SSSR count). The average Bonchev–Trinajstić information content (AvgIpc) is 3.72. The first-order valence-corrected chi connectivity index (χ1v) is 14.8. The number of carbonyl (C=O) groups excluding carboxylic acids is 2. The molecule has 256 valence electrons. The fourth-order valence-corrected chi connectivity index (χ4v) is 6.70. The Hall–Kier alpha value is -4.10. The van der Waals surface area contributed by atoms with Crippen molar-refractivity contribution in [3.05, 3.63) is 56.2 Å². The first kappa shape index (κ1) is 32.8. The van der Waals surface area contributed by atoms with E-state index in [2.05, 4.69) is 5.32 Å². The van der Waals surface area contributed by atoms with Crippen molar-refractivity contribution in [3.63, 3.8) is 0 Å². The van der Waals surface area contributed by atoms with E-state index < -0.39 is 71.9 Å². The van der Waals surface area contributed by atoms with E-state index in [4.69, 9.17) is 9.57 Å². The van der Waals surface area contributed by atoms with Crippen molar-refractivity contribution in [2.75, 3.05) is 55.9 Å². The van der Waals surface area contributed by atoms with Crippen molar-refractivity contribution < 1.29 is 45.5 Å². The van der Waals surface area contributed by atoms with E-state index in [1.807, 2.05) is 0 Å². The summed E-state index contributed by atoms with van der Waals surface area (Å²) in [6.07, 6.45) is -11.1. The van der Waals surface area contributed by atoms with Gasteiger partial charge in [-0.3, -0.25) is 19.1 Å². The van der Waals surface area contributed by atoms with Crippen molar-refractivity contribution in [2.24, 2.45) is 13.0 Å². The van der Waals surface area contributed by atoms with Crippen molar-refractivity contribution in [1.29, 1.82) is 0 Å². The van der Waals surface area contributed by atoms with Crippen LogP contribution in [0.25, 0.3) is 0 Å². The number of anilines is 2. The molecular formula is C28H31F6N7O6. The van der Waals surface area contributed by atoms with Gasteiger partial charge in [0.1, 0.15) is 6.54 Å². The number of likely N-dealkylation sites (tertiary alicyclic amines) is 1. The number of halogens is 6. The van der Waals surface area contributed by atoms with Gasteiger partial charge in [-0.25, -0.2) is 14.2 Å². The highest BCUT2D eigenvalue weighted by Crippen LogP contribution is 2.43. The minimum absolute atomic E-state index is 0.0317. The lowest BCUT2D eigenvalue weighted by Gasteiger charge is -2.39. The molecule has 0 aliphatic carbocycles. The number of fused-ring (bicyclic) bond motifs is 2. The number of benzene rings is 1. The maximum Gasteiger partial charge on any atom is 0.493 e. The van der Waals surface area contributed by atoms with Gasteiger partial charge in [0.2, 0.25) is 5.91 Å². The van der Waals surface area contributed by atoms with Crippen LogP contribution in [0.5, 0.6) is 0 Å². The molecule has 0 radical (unpaired) electrons. The number of amides is 1. The summed E-state index contributed by atoms with van der Waals surface area (Å²) in [5, 5.41) is 3.74. The van der Waals surface area contributed by atoms with Gasteiger partial charge in [-0.15, -0.1) is 5.06 Å². The number of rotatable bonds is 6. The Morgan fingerprint density at radius 1 is 1.04 bits per heavy atom. The molecule has 0 saturated carbocycles. The molecule has 2 aromatic rings. The maximum atomic E-state index is 14.2. The zero-order valence-corrected chi connectivity index (χ0v) is 25.0. The Kier molecular flexibility index (Phi) is 8.50. The molecule has 19 heteroatoms. The van der Waals surface area contributed by atoms with Crippen LogP contribution in [-0.2, 0) is 45.5 Å². The maximum absolute atomic E-state index is 14.2. The number of hydroxylamine groups is 1. The SMILES string of the molecule is Cn1c2c(c(=O)n(CC(=O)N3CCOCC3)c1=O)N(Cc1cccc(C(F)(F)F)c1)C(N1CCC3CNCC31)N2OC(=O)C(F)(F)F. The molecule has 1 amide bonds. The summed E-state index contributed by atoms with van der Waals surface area (Å²) >= 11 is 0. The number of hydrogen-bond acceptors (Lipinski definition) is 10. The fraction of sp³-hybridized carbons (Fsp3) is 0.571. The summed E-state index contributed by atoms with van der Waals surface area (Å²) < 4.78 is 88.5. The van der Waals surface area contributed by atoms with Crippen LogP contribution in [0, 0.1) is 5.92 Å². The van der Waals surface area contributed by atoms with Crippen molar-refractivity contribution in [2.45, 2.75) is 44.2 Å². The highest BCUT2D eigenvalue weighted by atomic mass is 19.4. The third-order valence-electron chi connectivity index (χ3n) is 8.94. The van der Waals surface area contributed by atoms with E-state index in [0.717, 1.165) is 29.8 Å². The smallest absolute Gasteiger partial charge is 0.378 e. The van der Waals surface area contributed by atoms with Gasteiger partial charge in [0, 0.05) is 45.8 Å². The minimum Gasteiger partial charge on any atom is -0.378 e. The third kappa shape index (κ3) is 6.06. The second-order valence-corrected chi connectivity index (χ2v) is 11.8. The van der Waals surface area contributed by atoms with Gasteiger partial charge in [0.05, 0.1) is 18.8 Å². The van der Waals surface area contributed by atoms with Crippen LogP contribution >= 0.6 is 0 Å². The second-order valence-electron chi connectivity index (χ2n) is 11.8. The predicted octanol–water partition coefficient (Wildman–Crippen LogP) is 0.849. The van der Waals surface area contributed by atoms with Crippen LogP contribution < -0.4 is 26.5 Å². The predicted molar refractivity (Wildman–Crippen MR) is 151 cm³/mol. The average molecular weight is 676 g/mol. The molecular weight excluding hydrogens is 644 g/mol. The summed E-state index contributed by atoms with van der Waals surface area (Å²) in [6.45, 7) is 0.953. The van der Waals surface area contributed by atoms with E-state index in [1.165, 1.54) is 15.9 Å². The lowest BCUT2D eigenvalue weighted by molar-refractivity contribution is -0.203. The molecule has 4 aliphatic heterocycles. The van der Waals surface area contributed by atoms with Crippen LogP contribution in [0.4, 0.5) is 37.8 Å². The van der Waals surface area contributed by atoms with Crippen molar-refractivity contribution in [1.82, 2.24) is 24.3 Å². The summed E-state index contributed by atoms with van der Waals surface area (Å²) in [7, 11) is 1.14. The molecule has 0 bridgehead atoms. The number of nitrogens with zero attached hydrogens (tertiary/aromatic N) is 6. The zero-order valence-electron chi connectivity index (χ0n) is 25.0. The number of carbonyl (C=O) groups is 2. The van der Waals surface area contributed by atoms with Gasteiger partial charge < -0.3 is 24.7 Å². The molecule has 3 unspecified atom stereocenters. The Labute approximate surface area is 262 Å². The summed E-state index contributed by atoms with van der Waals surface area (Å²) in [5.74, 6) is -3.69. The largest absolute Gasteiger partial charge is 0.493 e. The fourth-order valence-electron chi connectivity index (χ4n) is 6.70. The summed E-state index contributed by atoms with van der Waals surface area (Å²) in [6, 6.07) is 3.88. The molecule has 47 heavy (non-hydrogen) atoms. The standard InChI is InChI=1S/C28H31F6N7O6/c1-36-22-21(23(43)40(26(36)45)15-20(42)37-7-9-46-10-8-37)39(14-16-3-2-4-18(11-16)27(29,30)31)25(41(22)47-24(44)28(32,33)34)38-6-5-17-12-35-13-19(17)38/h2-4,11,17,19,25,35H,5-10,12-15H2,1H3. The Morgan fingerprint density at radius 3 is 2.45 bits per heavy atom. The van der Waals surface area contributed by atoms with E-state index in [0.29, 0.717) is 29.1 Å². The quantitative estimate of drug-likeness (QED) is 0.442. The van der Waals surface area contributed by atoms with Gasteiger partial charge in [0.25, 0.3) is 5.56 Å². The Balaban J connectivity index is 1.51. The number of nitrogens with one attached hydrogen (secondary N) is 1. The topological polar surface area (TPSA) is 122 Å². The number of hydrogen-bond donors (Lipinski definition) is 1. The molecule has 1 aromatic heterocycles. The Bertz CT molecular complexity index is 1670. The monoisotopic (exact) mass is 675 g/mol. The highest BCUT2D eigenvalue weighted by molar-refractivity contribution is 5.80. The molecule has 1 N–H and O–H groups in total. The first-order chi connectivity index (χ1) is 22.2. The van der Waals surface area contributed by atoms with Gasteiger partial charge in [-0.05, 0) is 36.6 Å². The van der Waals surface area contributed by atoms with Gasteiger partial charge in [-0.1, -0.05) is 12.1 Å². The highest BCUT2D eigenvalue weighted by Gasteiger charge is 2.54. The van der Waals surface area contributed by atoms with E-state index in [1.54, 1.807) is 4.90 Å². The second kappa shape index (κ2) is 12.2. The molecule has 4 aliphatic rings. The molecule has 13 nitrogen and oxygen atoms in total. The lowest BCUT2D eigenvalue weighted by atomic mass is 10.1. The van der Waals surface area contributed by atoms with Crippen LogP contribution in [0.2, 0.25) is 0 Å². The van der Waals surface area contributed by atoms with E-state index >= 15 is 0 Å². The van der Waals surface area contributed by atoms with E-state index in [9.17, 15) is 45.5 Å². The molecule has 0 spiro atoms. The van der Waals surface area contributed by atoms with Crippen LogP contribution in [0.3, 0.4) is 0 Å². The Morgan fingerprint density at radius 2 is 1.77 bits per heavy atom. The summed E-state index contributed by atoms with van der Waals surface area (Å²) in [5.41, 5.74) is -3.56. The van der Waals surface area contributed by atoms with Crippen LogP contribution in [0.1, 0.15) is 17.5 Å². The summed E-state index contributed by atoms with van der Waals surface area (Å²) in [4.78, 5) is 62.5.